The van der Waals surface area contributed by atoms with Gasteiger partial charge < -0.3 is 20.1 Å². The first kappa shape index (κ1) is 22.4. The summed E-state index contributed by atoms with van der Waals surface area (Å²) in [5, 5.41) is 0. The molecule has 0 spiro atoms. The van der Waals surface area contributed by atoms with Gasteiger partial charge in [0.2, 0.25) is 5.91 Å². The summed E-state index contributed by atoms with van der Waals surface area (Å²) in [5.74, 6) is 0.493. The van der Waals surface area contributed by atoms with Crippen LogP contribution in [0, 0.1) is 19.8 Å². The van der Waals surface area contributed by atoms with E-state index in [4.69, 9.17) is 15.2 Å². The number of benzene rings is 2. The van der Waals surface area contributed by atoms with E-state index in [0.29, 0.717) is 18.8 Å². The Kier molecular flexibility index (Phi) is 7.79. The van der Waals surface area contributed by atoms with Crippen molar-refractivity contribution in [1.82, 2.24) is 0 Å². The molecule has 6 nitrogen and oxygen atoms in total. The highest BCUT2D eigenvalue weighted by Gasteiger charge is 2.21. The minimum absolute atomic E-state index is 0.160. The number of hydrogen-bond acceptors (Lipinski definition) is 5. The number of amides is 1. The van der Waals surface area contributed by atoms with Crippen LogP contribution in [0.25, 0.3) is 0 Å². The van der Waals surface area contributed by atoms with Crippen molar-refractivity contribution < 1.29 is 19.1 Å². The fourth-order valence-electron chi connectivity index (χ4n) is 3.03. The summed E-state index contributed by atoms with van der Waals surface area (Å²) in [7, 11) is 1.72. The molecule has 2 aromatic carbocycles. The standard InChI is InChI=1S/C23H30N2O4/c1-15(2)14-28-23(27)29-19-11-16(3)20(17(4)12-19)13-21(24)22(26)25(5)18-9-7-6-8-10-18/h6-12,15,21H,13-14,24H2,1-5H3/t21-/m1/s1. The normalized spacial score (nSPS) is 11.8. The van der Waals surface area contributed by atoms with Gasteiger partial charge in [0.1, 0.15) is 5.75 Å². The van der Waals surface area contributed by atoms with Gasteiger partial charge in [-0.25, -0.2) is 4.79 Å². The van der Waals surface area contributed by atoms with Gasteiger partial charge in [-0.1, -0.05) is 32.0 Å². The Bertz CT molecular complexity index is 826. The van der Waals surface area contributed by atoms with Gasteiger partial charge in [-0.2, -0.15) is 0 Å². The quantitative estimate of drug-likeness (QED) is 0.563. The third-order valence-electron chi connectivity index (χ3n) is 4.62. The van der Waals surface area contributed by atoms with E-state index in [2.05, 4.69) is 0 Å². The van der Waals surface area contributed by atoms with Crippen LogP contribution in [0.1, 0.15) is 30.5 Å². The zero-order valence-electron chi connectivity index (χ0n) is 17.8. The van der Waals surface area contributed by atoms with Crippen molar-refractivity contribution in [1.29, 1.82) is 0 Å². The maximum Gasteiger partial charge on any atom is 0.513 e. The summed E-state index contributed by atoms with van der Waals surface area (Å²) < 4.78 is 10.3. The predicted octanol–water partition coefficient (Wildman–Crippen LogP) is 4.01. The molecule has 0 radical (unpaired) electrons. The van der Waals surface area contributed by atoms with E-state index in [-0.39, 0.29) is 11.8 Å². The van der Waals surface area contributed by atoms with E-state index in [0.717, 1.165) is 22.4 Å². The van der Waals surface area contributed by atoms with Crippen molar-refractivity contribution in [3.8, 4) is 5.75 Å². The number of likely N-dealkylation sites (N-methyl/N-ethyl adjacent to an activating group) is 1. The minimum Gasteiger partial charge on any atom is -0.434 e. The average Bonchev–Trinajstić information content (AvgIpc) is 2.68. The monoisotopic (exact) mass is 398 g/mol. The molecule has 1 atom stereocenters. The second kappa shape index (κ2) is 10.1. The number of rotatable bonds is 7. The smallest absolute Gasteiger partial charge is 0.434 e. The summed E-state index contributed by atoms with van der Waals surface area (Å²) in [4.78, 5) is 26.1. The SMILES string of the molecule is Cc1cc(OC(=O)OCC(C)C)cc(C)c1C[C@@H](N)C(=O)N(C)c1ccccc1. The summed E-state index contributed by atoms with van der Waals surface area (Å²) in [6.45, 7) is 8.03. The molecular formula is C23H30N2O4. The van der Waals surface area contributed by atoms with Gasteiger partial charge in [-0.05, 0) is 67.1 Å². The Morgan fingerprint density at radius 3 is 2.21 bits per heavy atom. The maximum absolute atomic E-state index is 12.7. The van der Waals surface area contributed by atoms with Crippen molar-refractivity contribution in [2.45, 2.75) is 40.2 Å². The van der Waals surface area contributed by atoms with Gasteiger partial charge >= 0.3 is 6.16 Å². The number of nitrogens with zero attached hydrogens (tertiary/aromatic N) is 1. The van der Waals surface area contributed by atoms with E-state index in [9.17, 15) is 9.59 Å². The molecule has 0 bridgehead atoms. The number of aryl methyl sites for hydroxylation is 2. The molecule has 156 valence electrons. The van der Waals surface area contributed by atoms with E-state index in [1.165, 1.54) is 0 Å². The molecule has 29 heavy (non-hydrogen) atoms. The van der Waals surface area contributed by atoms with Crippen LogP contribution in [0.3, 0.4) is 0 Å². The zero-order valence-corrected chi connectivity index (χ0v) is 17.8. The van der Waals surface area contributed by atoms with Crippen LogP contribution >= 0.6 is 0 Å². The van der Waals surface area contributed by atoms with Crippen molar-refractivity contribution in [2.75, 3.05) is 18.6 Å². The lowest BCUT2D eigenvalue weighted by molar-refractivity contribution is -0.119. The predicted molar refractivity (Wildman–Crippen MR) is 114 cm³/mol. The minimum atomic E-state index is -0.721. The Hall–Kier alpha value is -2.86. The molecule has 0 aliphatic rings. The largest absolute Gasteiger partial charge is 0.513 e. The zero-order chi connectivity index (χ0) is 21.6. The lowest BCUT2D eigenvalue weighted by Gasteiger charge is -2.23. The van der Waals surface area contributed by atoms with Gasteiger partial charge in [-0.15, -0.1) is 0 Å². The van der Waals surface area contributed by atoms with Crippen LogP contribution < -0.4 is 15.4 Å². The highest BCUT2D eigenvalue weighted by atomic mass is 16.7. The van der Waals surface area contributed by atoms with Gasteiger partial charge in [0.15, 0.2) is 0 Å². The number of carbonyl (C=O) groups is 2. The maximum atomic E-state index is 12.7. The summed E-state index contributed by atoms with van der Waals surface area (Å²) in [6, 6.07) is 12.2. The third kappa shape index (κ3) is 6.32. The Morgan fingerprint density at radius 1 is 1.07 bits per heavy atom. The van der Waals surface area contributed by atoms with E-state index >= 15 is 0 Å². The molecule has 0 saturated carbocycles. The molecule has 0 saturated heterocycles. The van der Waals surface area contributed by atoms with Gasteiger partial charge in [0, 0.05) is 12.7 Å². The fourth-order valence-corrected chi connectivity index (χ4v) is 3.03. The molecule has 0 heterocycles. The first-order valence-electron chi connectivity index (χ1n) is 9.72. The Labute approximate surface area is 172 Å². The highest BCUT2D eigenvalue weighted by molar-refractivity contribution is 5.96. The summed E-state index contributed by atoms with van der Waals surface area (Å²) >= 11 is 0. The van der Waals surface area contributed by atoms with Crippen molar-refractivity contribution in [2.24, 2.45) is 11.7 Å². The van der Waals surface area contributed by atoms with Crippen LogP contribution in [0.4, 0.5) is 10.5 Å². The van der Waals surface area contributed by atoms with E-state index in [1.54, 1.807) is 24.1 Å². The molecule has 0 aromatic heterocycles. The first-order chi connectivity index (χ1) is 13.7. The number of anilines is 1. The molecule has 2 aromatic rings. The summed E-state index contributed by atoms with van der Waals surface area (Å²) in [5.41, 5.74) is 9.79. The van der Waals surface area contributed by atoms with Crippen LogP contribution in [0.5, 0.6) is 5.75 Å². The van der Waals surface area contributed by atoms with Crippen molar-refractivity contribution in [3.63, 3.8) is 0 Å². The average molecular weight is 399 g/mol. The van der Waals surface area contributed by atoms with Crippen LogP contribution in [0.15, 0.2) is 42.5 Å². The Balaban J connectivity index is 2.07. The molecule has 2 N–H and O–H groups in total. The number of para-hydroxylation sites is 1. The molecule has 0 unspecified atom stereocenters. The second-order valence-corrected chi connectivity index (χ2v) is 7.64. The van der Waals surface area contributed by atoms with Crippen LogP contribution in [0.2, 0.25) is 0 Å². The summed E-state index contributed by atoms with van der Waals surface area (Å²) in [6.07, 6.45) is -0.326. The van der Waals surface area contributed by atoms with Gasteiger partial charge in [0.25, 0.3) is 0 Å². The van der Waals surface area contributed by atoms with Crippen molar-refractivity contribution in [3.05, 3.63) is 59.2 Å². The number of ether oxygens (including phenoxy) is 2. The number of nitrogens with two attached hydrogens (primary N) is 1. The van der Waals surface area contributed by atoms with E-state index in [1.807, 2.05) is 58.0 Å². The van der Waals surface area contributed by atoms with Gasteiger partial charge in [0.05, 0.1) is 12.6 Å². The van der Waals surface area contributed by atoms with Crippen LogP contribution in [-0.2, 0) is 16.0 Å². The molecular weight excluding hydrogens is 368 g/mol. The first-order valence-corrected chi connectivity index (χ1v) is 9.72. The topological polar surface area (TPSA) is 81.9 Å². The second-order valence-electron chi connectivity index (χ2n) is 7.64. The molecule has 0 aliphatic carbocycles. The van der Waals surface area contributed by atoms with Crippen molar-refractivity contribution >= 4 is 17.7 Å². The molecule has 2 rings (SSSR count). The number of hydrogen-bond donors (Lipinski definition) is 1. The molecule has 1 amide bonds. The third-order valence-corrected chi connectivity index (χ3v) is 4.62. The lowest BCUT2D eigenvalue weighted by Crippen LogP contribution is -2.43. The van der Waals surface area contributed by atoms with E-state index < -0.39 is 12.2 Å². The van der Waals surface area contributed by atoms with Gasteiger partial charge in [-0.3, -0.25) is 4.79 Å². The molecule has 0 fully saturated rings. The highest BCUT2D eigenvalue weighted by Crippen LogP contribution is 2.24. The lowest BCUT2D eigenvalue weighted by atomic mass is 9.95. The fraction of sp³-hybridized carbons (Fsp3) is 0.391. The molecule has 6 heteroatoms. The Morgan fingerprint density at radius 2 is 1.66 bits per heavy atom. The van der Waals surface area contributed by atoms with Crippen LogP contribution in [-0.4, -0.2) is 31.8 Å². The number of carbonyl (C=O) groups excluding carboxylic acids is 2. The molecule has 0 aliphatic heterocycles.